The summed E-state index contributed by atoms with van der Waals surface area (Å²) in [6.07, 6.45) is -1.06. The van der Waals surface area contributed by atoms with Gasteiger partial charge in [0.15, 0.2) is 11.6 Å². The molecule has 0 spiro atoms. The van der Waals surface area contributed by atoms with Gasteiger partial charge in [-0.25, -0.2) is 0 Å². The van der Waals surface area contributed by atoms with Crippen LogP contribution in [0.1, 0.15) is 64.8 Å². The number of ketones is 2. The zero-order valence-electron chi connectivity index (χ0n) is 21.6. The Morgan fingerprint density at radius 2 is 0.919 bits per heavy atom. The average Bonchev–Trinajstić information content (AvgIpc) is 2.96. The third-order valence-corrected chi connectivity index (χ3v) is 5.54. The standard InChI is InChI=1S/C17H18O2.C16H16O2/c1-13(2)19-17(15-11-7-4-8-12-15)16(18)14-9-5-3-6-10-14;1-2-18-16(14-11-7-4-8-12-14)15(17)13-9-5-3-6-10-13/h3-13,17H,1-2H3;3-12,16H,2H2,1H3. The summed E-state index contributed by atoms with van der Waals surface area (Å²) in [6, 6.07) is 37.8. The van der Waals surface area contributed by atoms with E-state index in [1.165, 1.54) is 0 Å². The van der Waals surface area contributed by atoms with Gasteiger partial charge in [0.05, 0.1) is 6.10 Å². The van der Waals surface area contributed by atoms with Gasteiger partial charge in [-0.3, -0.25) is 9.59 Å². The molecule has 0 N–H and O–H groups in total. The highest BCUT2D eigenvalue weighted by atomic mass is 16.5. The summed E-state index contributed by atoms with van der Waals surface area (Å²) in [6.45, 7) is 6.29. The van der Waals surface area contributed by atoms with E-state index in [1.54, 1.807) is 0 Å². The van der Waals surface area contributed by atoms with Crippen molar-refractivity contribution in [2.75, 3.05) is 6.61 Å². The first kappa shape index (κ1) is 27.7. The van der Waals surface area contributed by atoms with E-state index in [4.69, 9.17) is 9.47 Å². The Bertz CT molecular complexity index is 1210. The Balaban J connectivity index is 0.000000206. The van der Waals surface area contributed by atoms with Crippen molar-refractivity contribution in [3.63, 3.8) is 0 Å². The van der Waals surface area contributed by atoms with Crippen molar-refractivity contribution in [1.29, 1.82) is 0 Å². The molecule has 4 rings (SSSR count). The SMILES string of the molecule is CC(C)OC(C(=O)c1ccccc1)c1ccccc1.CCOC(C(=O)c1ccccc1)c1ccccc1. The van der Waals surface area contributed by atoms with E-state index >= 15 is 0 Å². The molecule has 190 valence electrons. The van der Waals surface area contributed by atoms with E-state index in [1.807, 2.05) is 142 Å². The van der Waals surface area contributed by atoms with Crippen LogP contribution in [0.5, 0.6) is 0 Å². The van der Waals surface area contributed by atoms with Gasteiger partial charge < -0.3 is 9.47 Å². The molecular weight excluding hydrogens is 460 g/mol. The van der Waals surface area contributed by atoms with Gasteiger partial charge >= 0.3 is 0 Å². The third kappa shape index (κ3) is 8.35. The average molecular weight is 495 g/mol. The van der Waals surface area contributed by atoms with E-state index in [2.05, 4.69) is 0 Å². The fourth-order valence-corrected chi connectivity index (χ4v) is 3.82. The Labute approximate surface area is 219 Å². The molecule has 4 nitrogen and oxygen atoms in total. The first-order valence-corrected chi connectivity index (χ1v) is 12.6. The van der Waals surface area contributed by atoms with E-state index in [-0.39, 0.29) is 17.7 Å². The normalized spacial score (nSPS) is 12.2. The minimum atomic E-state index is -0.538. The van der Waals surface area contributed by atoms with E-state index in [9.17, 15) is 9.59 Å². The van der Waals surface area contributed by atoms with Crippen LogP contribution in [0.4, 0.5) is 0 Å². The maximum Gasteiger partial charge on any atom is 0.196 e. The van der Waals surface area contributed by atoms with Crippen molar-refractivity contribution in [2.45, 2.75) is 39.1 Å². The molecule has 2 atom stereocenters. The number of rotatable bonds is 10. The molecule has 4 heteroatoms. The van der Waals surface area contributed by atoms with Gasteiger partial charge in [-0.2, -0.15) is 0 Å². The van der Waals surface area contributed by atoms with Crippen LogP contribution >= 0.6 is 0 Å². The van der Waals surface area contributed by atoms with Crippen LogP contribution in [-0.2, 0) is 9.47 Å². The fraction of sp³-hybridized carbons (Fsp3) is 0.212. The maximum absolute atomic E-state index is 12.6. The minimum Gasteiger partial charge on any atom is -0.366 e. The van der Waals surface area contributed by atoms with Crippen molar-refractivity contribution in [2.24, 2.45) is 0 Å². The number of benzene rings is 4. The molecule has 0 radical (unpaired) electrons. The summed E-state index contributed by atoms with van der Waals surface area (Å²) in [5.41, 5.74) is 3.15. The predicted molar refractivity (Wildman–Crippen MR) is 148 cm³/mol. The quantitative estimate of drug-likeness (QED) is 0.212. The van der Waals surface area contributed by atoms with Gasteiger partial charge in [0.2, 0.25) is 0 Å². The molecule has 0 aliphatic carbocycles. The van der Waals surface area contributed by atoms with Crippen molar-refractivity contribution in [3.05, 3.63) is 144 Å². The van der Waals surface area contributed by atoms with Crippen molar-refractivity contribution in [3.8, 4) is 0 Å². The second kappa shape index (κ2) is 14.6. The van der Waals surface area contributed by atoms with Crippen LogP contribution in [-0.4, -0.2) is 24.3 Å². The Hall–Kier alpha value is -3.86. The second-order valence-corrected chi connectivity index (χ2v) is 8.68. The largest absolute Gasteiger partial charge is 0.366 e. The summed E-state index contributed by atoms with van der Waals surface area (Å²) in [5, 5.41) is 0. The first-order chi connectivity index (χ1) is 18.0. The predicted octanol–water partition coefficient (Wildman–Crippen LogP) is 7.68. The van der Waals surface area contributed by atoms with Crippen LogP contribution in [0.25, 0.3) is 0 Å². The first-order valence-electron chi connectivity index (χ1n) is 12.6. The summed E-state index contributed by atoms with van der Waals surface area (Å²) in [4.78, 5) is 25.0. The molecular formula is C33H34O4. The highest BCUT2D eigenvalue weighted by molar-refractivity contribution is 6.00. The number of hydrogen-bond acceptors (Lipinski definition) is 4. The number of carbonyl (C=O) groups excluding carboxylic acids is 2. The molecule has 0 aromatic heterocycles. The van der Waals surface area contributed by atoms with Crippen LogP contribution in [0.15, 0.2) is 121 Å². The highest BCUT2D eigenvalue weighted by Crippen LogP contribution is 2.24. The molecule has 4 aromatic carbocycles. The molecule has 4 aromatic rings. The lowest BCUT2D eigenvalue weighted by Gasteiger charge is -2.19. The van der Waals surface area contributed by atoms with Crippen molar-refractivity contribution < 1.29 is 19.1 Å². The van der Waals surface area contributed by atoms with E-state index in [0.717, 1.165) is 11.1 Å². The lowest BCUT2D eigenvalue weighted by atomic mass is 9.99. The van der Waals surface area contributed by atoms with E-state index < -0.39 is 12.2 Å². The molecule has 0 fully saturated rings. The van der Waals surface area contributed by atoms with Crippen LogP contribution < -0.4 is 0 Å². The topological polar surface area (TPSA) is 52.6 Å². The molecule has 0 bridgehead atoms. The molecule has 0 heterocycles. The summed E-state index contributed by atoms with van der Waals surface area (Å²) < 4.78 is 11.4. The molecule has 0 amide bonds. The van der Waals surface area contributed by atoms with Crippen LogP contribution in [0.3, 0.4) is 0 Å². The van der Waals surface area contributed by atoms with Crippen LogP contribution in [0, 0.1) is 0 Å². The molecule has 0 saturated heterocycles. The zero-order chi connectivity index (χ0) is 26.5. The lowest BCUT2D eigenvalue weighted by Crippen LogP contribution is -2.19. The van der Waals surface area contributed by atoms with Gasteiger partial charge in [-0.1, -0.05) is 121 Å². The molecule has 0 aliphatic heterocycles. The summed E-state index contributed by atoms with van der Waals surface area (Å²) in [5.74, 6) is 0.00384. The second-order valence-electron chi connectivity index (χ2n) is 8.68. The number of ether oxygens (including phenoxy) is 2. The van der Waals surface area contributed by atoms with Gasteiger partial charge in [0, 0.05) is 17.7 Å². The number of carbonyl (C=O) groups is 2. The highest BCUT2D eigenvalue weighted by Gasteiger charge is 2.24. The molecule has 0 saturated carbocycles. The molecule has 37 heavy (non-hydrogen) atoms. The van der Waals surface area contributed by atoms with E-state index in [0.29, 0.717) is 17.7 Å². The van der Waals surface area contributed by atoms with Gasteiger partial charge in [0.25, 0.3) is 0 Å². The maximum atomic E-state index is 12.6. The molecule has 2 unspecified atom stereocenters. The smallest absolute Gasteiger partial charge is 0.196 e. The van der Waals surface area contributed by atoms with Crippen molar-refractivity contribution >= 4 is 11.6 Å². The number of hydrogen-bond donors (Lipinski definition) is 0. The minimum absolute atomic E-state index is 0.000463. The Morgan fingerprint density at radius 1 is 0.568 bits per heavy atom. The zero-order valence-corrected chi connectivity index (χ0v) is 21.6. The lowest BCUT2D eigenvalue weighted by molar-refractivity contribution is 0.0114. The number of Topliss-reactive ketones (excluding diaryl/α,β-unsaturated/α-hetero) is 2. The third-order valence-electron chi connectivity index (χ3n) is 5.54. The Morgan fingerprint density at radius 3 is 1.30 bits per heavy atom. The van der Waals surface area contributed by atoms with Gasteiger partial charge in [-0.05, 0) is 31.9 Å². The van der Waals surface area contributed by atoms with Crippen molar-refractivity contribution in [1.82, 2.24) is 0 Å². The van der Waals surface area contributed by atoms with Gasteiger partial charge in [0.1, 0.15) is 12.2 Å². The van der Waals surface area contributed by atoms with Gasteiger partial charge in [-0.15, -0.1) is 0 Å². The van der Waals surface area contributed by atoms with Crippen LogP contribution in [0.2, 0.25) is 0 Å². The monoisotopic (exact) mass is 494 g/mol. The summed E-state index contributed by atoms with van der Waals surface area (Å²) in [7, 11) is 0. The molecule has 0 aliphatic rings. The fourth-order valence-electron chi connectivity index (χ4n) is 3.82. The Kier molecular flexibility index (Phi) is 11.0. The summed E-state index contributed by atoms with van der Waals surface area (Å²) >= 11 is 0.